The number of hydrogen-bond donors (Lipinski definition) is 2. The van der Waals surface area contributed by atoms with E-state index >= 15 is 0 Å². The summed E-state index contributed by atoms with van der Waals surface area (Å²) in [6.07, 6.45) is 0. The van der Waals surface area contributed by atoms with Crippen molar-refractivity contribution in [3.8, 4) is 5.75 Å². The number of aryl methyl sites for hydroxylation is 1. The van der Waals surface area contributed by atoms with E-state index in [-0.39, 0.29) is 5.84 Å². The zero-order chi connectivity index (χ0) is 14.7. The van der Waals surface area contributed by atoms with Crippen molar-refractivity contribution in [2.75, 3.05) is 0 Å². The number of benzene rings is 2. The van der Waals surface area contributed by atoms with E-state index in [9.17, 15) is 0 Å². The first-order chi connectivity index (χ1) is 9.47. The zero-order valence-corrected chi connectivity index (χ0v) is 13.3. The second kappa shape index (κ2) is 6.29. The molecule has 0 bridgehead atoms. The summed E-state index contributed by atoms with van der Waals surface area (Å²) in [5.74, 6) is 0.701. The Kier molecular flexibility index (Phi) is 4.68. The lowest BCUT2D eigenvalue weighted by Gasteiger charge is -2.11. The van der Waals surface area contributed by atoms with Crippen LogP contribution in [0.1, 0.15) is 16.7 Å². The average molecular weight is 354 g/mol. The van der Waals surface area contributed by atoms with E-state index < -0.39 is 0 Å². The summed E-state index contributed by atoms with van der Waals surface area (Å²) in [5.41, 5.74) is 8.24. The van der Waals surface area contributed by atoms with Gasteiger partial charge in [0, 0.05) is 10.0 Å². The van der Waals surface area contributed by atoms with E-state index in [1.165, 1.54) is 0 Å². The van der Waals surface area contributed by atoms with Crippen LogP contribution in [0.4, 0.5) is 0 Å². The van der Waals surface area contributed by atoms with Gasteiger partial charge < -0.3 is 10.5 Å². The average Bonchev–Trinajstić information content (AvgIpc) is 2.40. The first-order valence-electron chi connectivity index (χ1n) is 5.99. The quantitative estimate of drug-likeness (QED) is 0.637. The van der Waals surface area contributed by atoms with Gasteiger partial charge in [0.05, 0.1) is 5.02 Å². The summed E-state index contributed by atoms with van der Waals surface area (Å²) >= 11 is 9.46. The van der Waals surface area contributed by atoms with Crippen LogP contribution in [0.2, 0.25) is 5.02 Å². The smallest absolute Gasteiger partial charge is 0.139 e. The van der Waals surface area contributed by atoms with Crippen LogP contribution < -0.4 is 10.5 Å². The highest BCUT2D eigenvalue weighted by Gasteiger charge is 2.06. The maximum absolute atomic E-state index is 7.41. The third kappa shape index (κ3) is 3.52. The molecule has 0 unspecified atom stereocenters. The molecule has 0 aliphatic heterocycles. The number of hydrogen-bond acceptors (Lipinski definition) is 2. The lowest BCUT2D eigenvalue weighted by molar-refractivity contribution is 0.305. The Bertz CT molecular complexity index is 658. The predicted octanol–water partition coefficient (Wildman–Crippen LogP) is 4.27. The van der Waals surface area contributed by atoms with E-state index in [1.807, 2.05) is 37.3 Å². The number of nitrogens with two attached hydrogens (primary N) is 1. The highest BCUT2D eigenvalue weighted by Crippen LogP contribution is 2.28. The minimum Gasteiger partial charge on any atom is -0.487 e. The van der Waals surface area contributed by atoms with Crippen LogP contribution in [0.15, 0.2) is 40.9 Å². The molecule has 2 rings (SSSR count). The fourth-order valence-electron chi connectivity index (χ4n) is 1.77. The SMILES string of the molecule is Cc1cc(C(=N)N)ccc1COc1cc(Br)ccc1Cl. The van der Waals surface area contributed by atoms with Gasteiger partial charge in [0.2, 0.25) is 0 Å². The van der Waals surface area contributed by atoms with Crippen molar-refractivity contribution in [2.24, 2.45) is 5.73 Å². The lowest BCUT2D eigenvalue weighted by atomic mass is 10.1. The molecule has 3 nitrogen and oxygen atoms in total. The van der Waals surface area contributed by atoms with Crippen LogP contribution in [0.5, 0.6) is 5.75 Å². The first kappa shape index (κ1) is 14.9. The molecular weight excluding hydrogens is 340 g/mol. The molecule has 0 fully saturated rings. The van der Waals surface area contributed by atoms with Gasteiger partial charge in [0.25, 0.3) is 0 Å². The summed E-state index contributed by atoms with van der Waals surface area (Å²) in [4.78, 5) is 0. The highest BCUT2D eigenvalue weighted by molar-refractivity contribution is 9.10. The number of rotatable bonds is 4. The number of ether oxygens (including phenoxy) is 1. The number of nitrogens with one attached hydrogen (secondary N) is 1. The fraction of sp³-hybridized carbons (Fsp3) is 0.133. The Balaban J connectivity index is 2.15. The maximum atomic E-state index is 7.41. The van der Waals surface area contributed by atoms with Gasteiger partial charge in [-0.1, -0.05) is 39.7 Å². The first-order valence-corrected chi connectivity index (χ1v) is 7.16. The molecule has 0 aliphatic rings. The third-order valence-electron chi connectivity index (χ3n) is 2.93. The van der Waals surface area contributed by atoms with E-state index in [0.717, 1.165) is 15.6 Å². The standard InChI is InChI=1S/C15H14BrClN2O/c1-9-6-10(15(18)19)2-3-11(9)8-20-14-7-12(16)4-5-13(14)17/h2-7H,8H2,1H3,(H3,18,19). The zero-order valence-electron chi connectivity index (χ0n) is 10.9. The molecule has 0 saturated heterocycles. The minimum atomic E-state index is 0.0654. The molecule has 0 amide bonds. The Morgan fingerprint density at radius 3 is 2.70 bits per heavy atom. The molecule has 0 aromatic heterocycles. The number of amidine groups is 1. The summed E-state index contributed by atoms with van der Waals surface area (Å²) < 4.78 is 6.66. The van der Waals surface area contributed by atoms with Crippen LogP contribution in [-0.2, 0) is 6.61 Å². The van der Waals surface area contributed by atoms with Gasteiger partial charge >= 0.3 is 0 Å². The van der Waals surface area contributed by atoms with Gasteiger partial charge in [-0.15, -0.1) is 0 Å². The molecule has 5 heteroatoms. The highest BCUT2D eigenvalue weighted by atomic mass is 79.9. The second-order valence-corrected chi connectivity index (χ2v) is 5.74. The van der Waals surface area contributed by atoms with Crippen molar-refractivity contribution in [1.82, 2.24) is 0 Å². The monoisotopic (exact) mass is 352 g/mol. The summed E-state index contributed by atoms with van der Waals surface area (Å²) in [7, 11) is 0. The normalized spacial score (nSPS) is 10.3. The summed E-state index contributed by atoms with van der Waals surface area (Å²) in [5, 5.41) is 7.99. The summed E-state index contributed by atoms with van der Waals surface area (Å²) in [6.45, 7) is 2.38. The minimum absolute atomic E-state index is 0.0654. The molecule has 0 aliphatic carbocycles. The Labute approximate surface area is 131 Å². The van der Waals surface area contributed by atoms with E-state index in [4.69, 9.17) is 27.5 Å². The Morgan fingerprint density at radius 2 is 2.05 bits per heavy atom. The van der Waals surface area contributed by atoms with Crippen LogP contribution >= 0.6 is 27.5 Å². The number of nitrogen functional groups attached to an aromatic ring is 1. The molecular formula is C15H14BrClN2O. The largest absolute Gasteiger partial charge is 0.487 e. The van der Waals surface area contributed by atoms with E-state index in [2.05, 4.69) is 15.9 Å². The van der Waals surface area contributed by atoms with Crippen molar-refractivity contribution < 1.29 is 4.74 Å². The topological polar surface area (TPSA) is 59.1 Å². The molecule has 0 heterocycles. The van der Waals surface area contributed by atoms with Crippen LogP contribution in [0, 0.1) is 12.3 Å². The van der Waals surface area contributed by atoms with Crippen molar-refractivity contribution in [1.29, 1.82) is 5.41 Å². The van der Waals surface area contributed by atoms with Crippen LogP contribution in [-0.4, -0.2) is 5.84 Å². The molecule has 2 aromatic carbocycles. The van der Waals surface area contributed by atoms with Crippen molar-refractivity contribution in [3.63, 3.8) is 0 Å². The van der Waals surface area contributed by atoms with Gasteiger partial charge in [-0.05, 0) is 42.3 Å². The molecule has 20 heavy (non-hydrogen) atoms. The Morgan fingerprint density at radius 1 is 1.30 bits per heavy atom. The van der Waals surface area contributed by atoms with E-state index in [1.54, 1.807) is 6.07 Å². The van der Waals surface area contributed by atoms with Crippen molar-refractivity contribution in [2.45, 2.75) is 13.5 Å². The lowest BCUT2D eigenvalue weighted by Crippen LogP contribution is -2.11. The van der Waals surface area contributed by atoms with Crippen molar-refractivity contribution >= 4 is 33.4 Å². The molecule has 3 N–H and O–H groups in total. The predicted molar refractivity (Wildman–Crippen MR) is 85.7 cm³/mol. The van der Waals surface area contributed by atoms with Crippen molar-refractivity contribution in [3.05, 3.63) is 62.6 Å². The molecule has 0 atom stereocenters. The maximum Gasteiger partial charge on any atom is 0.139 e. The van der Waals surface area contributed by atoms with Gasteiger partial charge in [-0.2, -0.15) is 0 Å². The Hall–Kier alpha value is -1.52. The van der Waals surface area contributed by atoms with Gasteiger partial charge in [-0.3, -0.25) is 5.41 Å². The van der Waals surface area contributed by atoms with Gasteiger partial charge in [0.1, 0.15) is 18.2 Å². The van der Waals surface area contributed by atoms with Crippen LogP contribution in [0.3, 0.4) is 0 Å². The molecule has 0 radical (unpaired) electrons. The van der Waals surface area contributed by atoms with Crippen LogP contribution in [0.25, 0.3) is 0 Å². The molecule has 0 saturated carbocycles. The van der Waals surface area contributed by atoms with E-state index in [0.29, 0.717) is 22.9 Å². The second-order valence-electron chi connectivity index (χ2n) is 4.42. The third-order valence-corrected chi connectivity index (χ3v) is 3.74. The van der Waals surface area contributed by atoms with Gasteiger partial charge in [0.15, 0.2) is 0 Å². The summed E-state index contributed by atoms with van der Waals surface area (Å²) in [6, 6.07) is 11.1. The molecule has 104 valence electrons. The van der Waals surface area contributed by atoms with Gasteiger partial charge in [-0.25, -0.2) is 0 Å². The number of halogens is 2. The fourth-order valence-corrected chi connectivity index (χ4v) is 2.28. The molecule has 2 aromatic rings. The molecule has 0 spiro atoms.